The first-order valence-corrected chi connectivity index (χ1v) is 12.1. The number of nitrogens with one attached hydrogen (secondary N) is 2. The van der Waals surface area contributed by atoms with Gasteiger partial charge in [0, 0.05) is 38.1 Å². The highest BCUT2D eigenvalue weighted by Crippen LogP contribution is 2.30. The molecule has 2 aliphatic rings. The maximum absolute atomic E-state index is 4.53. The van der Waals surface area contributed by atoms with Gasteiger partial charge in [-0.05, 0) is 76.1 Å². The van der Waals surface area contributed by atoms with E-state index in [2.05, 4.69) is 61.8 Å². The van der Waals surface area contributed by atoms with Crippen LogP contribution in [0.4, 0.5) is 0 Å². The summed E-state index contributed by atoms with van der Waals surface area (Å²) in [7, 11) is 4.11. The van der Waals surface area contributed by atoms with Crippen molar-refractivity contribution in [1.82, 2.24) is 30.2 Å². The number of aliphatic imine (C=N–C) groups is 1. The molecule has 0 aliphatic carbocycles. The zero-order chi connectivity index (χ0) is 22.2. The fourth-order valence-corrected chi connectivity index (χ4v) is 5.11. The highest BCUT2D eigenvalue weighted by atomic mass is 127. The third kappa shape index (κ3) is 6.93. The number of halogens is 1. The number of benzene rings is 1. The Morgan fingerprint density at radius 2 is 1.73 bits per heavy atom. The molecule has 0 amide bonds. The number of hydrogen-bond acceptors (Lipinski definition) is 4. The van der Waals surface area contributed by atoms with Crippen molar-refractivity contribution in [2.75, 3.05) is 46.8 Å². The minimum absolute atomic E-state index is 0. The van der Waals surface area contributed by atoms with Crippen LogP contribution in [0.3, 0.4) is 0 Å². The van der Waals surface area contributed by atoms with E-state index in [0.717, 1.165) is 25.6 Å². The third-order valence-electron chi connectivity index (χ3n) is 7.21. The lowest BCUT2D eigenvalue weighted by Crippen LogP contribution is -2.62. The van der Waals surface area contributed by atoms with Crippen molar-refractivity contribution >= 4 is 29.9 Å². The Labute approximate surface area is 216 Å². The molecule has 2 saturated heterocycles. The van der Waals surface area contributed by atoms with Crippen molar-refractivity contribution in [3.8, 4) is 0 Å². The number of likely N-dealkylation sites (tertiary alicyclic amines) is 2. The van der Waals surface area contributed by atoms with Gasteiger partial charge in [-0.15, -0.1) is 24.0 Å². The summed E-state index contributed by atoms with van der Waals surface area (Å²) >= 11 is 0. The van der Waals surface area contributed by atoms with Crippen LogP contribution in [-0.4, -0.2) is 77.9 Å². The molecule has 0 radical (unpaired) electrons. The molecule has 1 aromatic heterocycles. The maximum Gasteiger partial charge on any atom is 0.191 e. The Bertz CT molecular complexity index is 853. The quantitative estimate of drug-likeness (QED) is 0.307. The summed E-state index contributed by atoms with van der Waals surface area (Å²) in [5.41, 5.74) is 2.79. The normalized spacial score (nSPS) is 19.6. The molecular weight excluding hydrogens is 525 g/mol. The molecule has 2 aromatic rings. The number of piperidine rings is 2. The van der Waals surface area contributed by atoms with Gasteiger partial charge in [0.05, 0.1) is 6.54 Å². The predicted octanol–water partition coefficient (Wildman–Crippen LogP) is 3.16. The van der Waals surface area contributed by atoms with E-state index in [-0.39, 0.29) is 29.5 Å². The Morgan fingerprint density at radius 1 is 1.00 bits per heavy atom. The summed E-state index contributed by atoms with van der Waals surface area (Å²) in [6.45, 7) is 7.29. The van der Waals surface area contributed by atoms with Crippen molar-refractivity contribution in [3.63, 3.8) is 0 Å². The number of guanidine groups is 1. The van der Waals surface area contributed by atoms with Gasteiger partial charge in [-0.2, -0.15) is 5.10 Å². The fraction of sp³-hybridized carbons (Fsp3) is 0.600. The van der Waals surface area contributed by atoms with Gasteiger partial charge in [-0.3, -0.25) is 14.6 Å². The second-order valence-electron chi connectivity index (χ2n) is 9.33. The van der Waals surface area contributed by atoms with Crippen LogP contribution in [-0.2, 0) is 13.1 Å². The van der Waals surface area contributed by atoms with Crippen LogP contribution in [0.5, 0.6) is 0 Å². The topological polar surface area (TPSA) is 60.7 Å². The van der Waals surface area contributed by atoms with E-state index in [9.17, 15) is 0 Å². The van der Waals surface area contributed by atoms with Crippen LogP contribution in [0.25, 0.3) is 0 Å². The Hall–Kier alpha value is -1.65. The van der Waals surface area contributed by atoms with Crippen molar-refractivity contribution in [1.29, 1.82) is 0 Å². The average Bonchev–Trinajstić information content (AvgIpc) is 3.35. The van der Waals surface area contributed by atoms with Gasteiger partial charge in [0.2, 0.25) is 0 Å². The molecule has 0 saturated carbocycles. The molecule has 8 heteroatoms. The van der Waals surface area contributed by atoms with E-state index in [4.69, 9.17) is 0 Å². The standard InChI is InChI=1S/C25H39N7.HI/c1-26-24(27-19-22-9-4-5-10-23(22)20-32-16-8-13-29-32)28-21-25(11-17-30(2)18-12-25)31-14-6-3-7-15-31;/h4-5,8-10,13,16H,3,6-7,11-12,14-15,17-21H2,1-2H3,(H2,26,27,28);1H. The van der Waals surface area contributed by atoms with Crippen molar-refractivity contribution < 1.29 is 0 Å². The van der Waals surface area contributed by atoms with Gasteiger partial charge < -0.3 is 15.5 Å². The van der Waals surface area contributed by atoms with Crippen LogP contribution < -0.4 is 10.6 Å². The molecule has 1 aromatic carbocycles. The molecule has 182 valence electrons. The largest absolute Gasteiger partial charge is 0.355 e. The molecule has 2 N–H and O–H groups in total. The second kappa shape index (κ2) is 12.7. The average molecular weight is 566 g/mol. The van der Waals surface area contributed by atoms with Crippen LogP contribution >= 0.6 is 24.0 Å². The lowest BCUT2D eigenvalue weighted by Gasteiger charge is -2.50. The number of nitrogens with zero attached hydrogens (tertiary/aromatic N) is 5. The van der Waals surface area contributed by atoms with E-state index in [0.29, 0.717) is 0 Å². The van der Waals surface area contributed by atoms with E-state index in [1.54, 1.807) is 0 Å². The van der Waals surface area contributed by atoms with Gasteiger partial charge in [0.1, 0.15) is 0 Å². The predicted molar refractivity (Wildman–Crippen MR) is 146 cm³/mol. The SMILES string of the molecule is CN=C(NCc1ccccc1Cn1cccn1)NCC1(N2CCCCC2)CCN(C)CC1.I. The summed E-state index contributed by atoms with van der Waals surface area (Å²) in [4.78, 5) is 9.76. The molecule has 0 bridgehead atoms. The highest BCUT2D eigenvalue weighted by molar-refractivity contribution is 14.0. The van der Waals surface area contributed by atoms with Crippen LogP contribution in [0.15, 0.2) is 47.7 Å². The fourth-order valence-electron chi connectivity index (χ4n) is 5.11. The highest BCUT2D eigenvalue weighted by Gasteiger charge is 2.39. The lowest BCUT2D eigenvalue weighted by atomic mass is 9.84. The summed E-state index contributed by atoms with van der Waals surface area (Å²) in [5, 5.41) is 11.6. The first-order valence-electron chi connectivity index (χ1n) is 12.1. The van der Waals surface area contributed by atoms with Gasteiger partial charge in [-0.25, -0.2) is 0 Å². The van der Waals surface area contributed by atoms with Crippen molar-refractivity contribution in [3.05, 3.63) is 53.9 Å². The monoisotopic (exact) mass is 565 g/mol. The van der Waals surface area contributed by atoms with Gasteiger partial charge in [0.25, 0.3) is 0 Å². The lowest BCUT2D eigenvalue weighted by molar-refractivity contribution is 0.0173. The first-order chi connectivity index (χ1) is 15.7. The van der Waals surface area contributed by atoms with Crippen LogP contribution in [0.2, 0.25) is 0 Å². The smallest absolute Gasteiger partial charge is 0.191 e. The summed E-state index contributed by atoms with van der Waals surface area (Å²) in [6, 6.07) is 10.5. The third-order valence-corrected chi connectivity index (χ3v) is 7.21. The molecule has 0 unspecified atom stereocenters. The van der Waals surface area contributed by atoms with E-state index < -0.39 is 0 Å². The minimum Gasteiger partial charge on any atom is -0.355 e. The van der Waals surface area contributed by atoms with Gasteiger partial charge in [0.15, 0.2) is 5.96 Å². The maximum atomic E-state index is 4.53. The Morgan fingerprint density at radius 3 is 2.39 bits per heavy atom. The number of hydrogen-bond donors (Lipinski definition) is 2. The Kier molecular flexibility index (Phi) is 10.0. The van der Waals surface area contributed by atoms with E-state index in [1.807, 2.05) is 30.2 Å². The molecule has 4 rings (SSSR count). The first kappa shape index (κ1) is 26.0. The Balaban J connectivity index is 0.00000306. The van der Waals surface area contributed by atoms with Gasteiger partial charge >= 0.3 is 0 Å². The summed E-state index contributed by atoms with van der Waals surface area (Å²) in [5.74, 6) is 0.884. The molecule has 0 spiro atoms. The van der Waals surface area contributed by atoms with E-state index in [1.165, 1.54) is 69.4 Å². The minimum atomic E-state index is 0. The molecule has 2 fully saturated rings. The number of rotatable bonds is 7. The van der Waals surface area contributed by atoms with Crippen molar-refractivity contribution in [2.45, 2.75) is 50.7 Å². The summed E-state index contributed by atoms with van der Waals surface area (Å²) in [6.07, 6.45) is 10.3. The van der Waals surface area contributed by atoms with Crippen LogP contribution in [0.1, 0.15) is 43.2 Å². The number of aromatic nitrogens is 2. The zero-order valence-corrected chi connectivity index (χ0v) is 22.5. The molecule has 33 heavy (non-hydrogen) atoms. The molecule has 3 heterocycles. The summed E-state index contributed by atoms with van der Waals surface area (Å²) < 4.78 is 1.97. The van der Waals surface area contributed by atoms with E-state index >= 15 is 0 Å². The van der Waals surface area contributed by atoms with Crippen molar-refractivity contribution in [2.24, 2.45) is 4.99 Å². The second-order valence-corrected chi connectivity index (χ2v) is 9.33. The molecule has 0 atom stereocenters. The molecule has 7 nitrogen and oxygen atoms in total. The molecule has 2 aliphatic heterocycles. The molecular formula is C25H40IN7. The van der Waals surface area contributed by atoms with Gasteiger partial charge in [-0.1, -0.05) is 30.7 Å². The van der Waals surface area contributed by atoms with Crippen LogP contribution in [0, 0.1) is 0 Å². The zero-order valence-electron chi connectivity index (χ0n) is 20.2.